The summed E-state index contributed by atoms with van der Waals surface area (Å²) in [6.45, 7) is -0.0837. The fraction of sp³-hybridized carbons (Fsp3) is 0.571. The first-order valence-electron chi connectivity index (χ1n) is 3.46. The molecule has 0 spiro atoms. The Kier molecular flexibility index (Phi) is 3.37. The summed E-state index contributed by atoms with van der Waals surface area (Å²) in [5, 5.41) is 9.09. The highest BCUT2D eigenvalue weighted by atomic mass is 35.5. The molecule has 0 aliphatic carbocycles. The summed E-state index contributed by atoms with van der Waals surface area (Å²) >= 11 is 5.36. The van der Waals surface area contributed by atoms with Crippen LogP contribution < -0.4 is 0 Å². The van der Waals surface area contributed by atoms with Gasteiger partial charge < -0.3 is 14.6 Å². The van der Waals surface area contributed by atoms with Crippen molar-refractivity contribution in [2.24, 2.45) is 0 Å². The van der Waals surface area contributed by atoms with Gasteiger partial charge in [-0.1, -0.05) is 0 Å². The van der Waals surface area contributed by atoms with Gasteiger partial charge in [0.2, 0.25) is 6.79 Å². The first kappa shape index (κ1) is 9.35. The quantitative estimate of drug-likeness (QED) is 0.519. The lowest BCUT2D eigenvalue weighted by Gasteiger charge is -2.16. The molecule has 12 heavy (non-hydrogen) atoms. The van der Waals surface area contributed by atoms with E-state index < -0.39 is 12.1 Å². The Labute approximate surface area is 74.7 Å². The maximum Gasteiger partial charge on any atom is 0.337 e. The van der Waals surface area contributed by atoms with Crippen molar-refractivity contribution < 1.29 is 19.4 Å². The number of alkyl halides is 1. The Morgan fingerprint density at radius 1 is 1.67 bits per heavy atom. The molecule has 1 atom stereocenters. The van der Waals surface area contributed by atoms with Crippen LogP contribution in [0.2, 0.25) is 0 Å². The molecule has 0 radical (unpaired) electrons. The van der Waals surface area contributed by atoms with E-state index in [4.69, 9.17) is 21.4 Å². The molecular formula is C7H9ClO4. The Morgan fingerprint density at radius 2 is 2.42 bits per heavy atom. The molecule has 1 heterocycles. The summed E-state index contributed by atoms with van der Waals surface area (Å²) in [7, 11) is 0. The SMILES string of the molecule is O=C1C=C(CC(O)CCl)OCO1. The van der Waals surface area contributed by atoms with Gasteiger partial charge in [0.25, 0.3) is 0 Å². The summed E-state index contributed by atoms with van der Waals surface area (Å²) in [6.07, 6.45) is 0.779. The molecule has 5 heteroatoms. The molecule has 4 nitrogen and oxygen atoms in total. The van der Waals surface area contributed by atoms with E-state index in [0.717, 1.165) is 0 Å². The number of carbonyl (C=O) groups excluding carboxylic acids is 1. The van der Waals surface area contributed by atoms with E-state index in [1.54, 1.807) is 0 Å². The van der Waals surface area contributed by atoms with Crippen LogP contribution in [0.5, 0.6) is 0 Å². The van der Waals surface area contributed by atoms with Gasteiger partial charge in [-0.05, 0) is 0 Å². The minimum Gasteiger partial charge on any atom is -0.461 e. The third-order valence-corrected chi connectivity index (χ3v) is 1.70. The number of cyclic esters (lactones) is 1. The van der Waals surface area contributed by atoms with Crippen molar-refractivity contribution in [3.8, 4) is 0 Å². The highest BCUT2D eigenvalue weighted by molar-refractivity contribution is 6.18. The second kappa shape index (κ2) is 4.33. The third-order valence-electron chi connectivity index (χ3n) is 1.34. The standard InChI is InChI=1S/C7H9ClO4/c8-3-5(9)1-6-2-7(10)12-4-11-6/h2,5,9H,1,3-4H2. The highest BCUT2D eigenvalue weighted by Gasteiger charge is 2.14. The summed E-state index contributed by atoms with van der Waals surface area (Å²) in [5.41, 5.74) is 0. The lowest BCUT2D eigenvalue weighted by Crippen LogP contribution is -2.17. The number of carbonyl (C=O) groups is 1. The summed E-state index contributed by atoms with van der Waals surface area (Å²) in [5.74, 6) is 0.0906. The monoisotopic (exact) mass is 192 g/mol. The van der Waals surface area contributed by atoms with E-state index in [2.05, 4.69) is 4.74 Å². The molecule has 1 aliphatic rings. The topological polar surface area (TPSA) is 55.8 Å². The molecule has 0 aromatic rings. The number of hydrogen-bond acceptors (Lipinski definition) is 4. The molecule has 0 saturated heterocycles. The minimum absolute atomic E-state index is 0.0837. The van der Waals surface area contributed by atoms with Gasteiger partial charge in [-0.15, -0.1) is 11.6 Å². The Bertz CT molecular complexity index is 202. The molecular weight excluding hydrogens is 184 g/mol. The Morgan fingerprint density at radius 3 is 3.00 bits per heavy atom. The van der Waals surface area contributed by atoms with Gasteiger partial charge in [0.15, 0.2) is 0 Å². The number of esters is 1. The summed E-state index contributed by atoms with van der Waals surface area (Å²) in [6, 6.07) is 0. The number of aliphatic hydroxyl groups excluding tert-OH is 1. The van der Waals surface area contributed by atoms with E-state index in [1.165, 1.54) is 6.08 Å². The molecule has 1 rings (SSSR count). The smallest absolute Gasteiger partial charge is 0.337 e. The molecule has 0 bridgehead atoms. The molecule has 0 aromatic carbocycles. The number of ether oxygens (including phenoxy) is 2. The predicted molar refractivity (Wildman–Crippen MR) is 41.5 cm³/mol. The largest absolute Gasteiger partial charge is 0.461 e. The normalized spacial score (nSPS) is 19.2. The van der Waals surface area contributed by atoms with Crippen molar-refractivity contribution in [3.63, 3.8) is 0 Å². The average molecular weight is 193 g/mol. The molecule has 0 amide bonds. The van der Waals surface area contributed by atoms with Gasteiger partial charge in [-0.3, -0.25) is 0 Å². The van der Waals surface area contributed by atoms with Crippen molar-refractivity contribution in [2.75, 3.05) is 12.7 Å². The number of aliphatic hydroxyl groups is 1. The summed E-state index contributed by atoms with van der Waals surface area (Å²) in [4.78, 5) is 10.7. The number of rotatable bonds is 3. The van der Waals surface area contributed by atoms with E-state index in [9.17, 15) is 4.79 Å². The van der Waals surface area contributed by atoms with Gasteiger partial charge in [-0.2, -0.15) is 0 Å². The average Bonchev–Trinajstić information content (AvgIpc) is 2.04. The van der Waals surface area contributed by atoms with E-state index >= 15 is 0 Å². The van der Waals surface area contributed by atoms with Crippen LogP contribution in [-0.4, -0.2) is 29.9 Å². The maximum absolute atomic E-state index is 10.7. The summed E-state index contributed by atoms with van der Waals surface area (Å²) < 4.78 is 9.39. The molecule has 1 unspecified atom stereocenters. The van der Waals surface area contributed by atoms with Gasteiger partial charge >= 0.3 is 5.97 Å². The van der Waals surface area contributed by atoms with Crippen molar-refractivity contribution in [1.29, 1.82) is 0 Å². The zero-order chi connectivity index (χ0) is 8.97. The molecule has 0 aromatic heterocycles. The van der Waals surface area contributed by atoms with Crippen LogP contribution in [0.25, 0.3) is 0 Å². The lowest BCUT2D eigenvalue weighted by atomic mass is 10.2. The number of halogens is 1. The van der Waals surface area contributed by atoms with Gasteiger partial charge in [0.1, 0.15) is 5.76 Å². The molecule has 1 aliphatic heterocycles. The molecule has 1 N–H and O–H groups in total. The van der Waals surface area contributed by atoms with Crippen LogP contribution in [0.1, 0.15) is 6.42 Å². The zero-order valence-electron chi connectivity index (χ0n) is 6.33. The van der Waals surface area contributed by atoms with Gasteiger partial charge in [0, 0.05) is 12.3 Å². The highest BCUT2D eigenvalue weighted by Crippen LogP contribution is 2.12. The van der Waals surface area contributed by atoms with Gasteiger partial charge in [0.05, 0.1) is 12.2 Å². The molecule has 68 valence electrons. The number of hydrogen-bond donors (Lipinski definition) is 1. The zero-order valence-corrected chi connectivity index (χ0v) is 7.08. The van der Waals surface area contributed by atoms with E-state index in [0.29, 0.717) is 5.76 Å². The minimum atomic E-state index is -0.677. The first-order chi connectivity index (χ1) is 5.72. The van der Waals surface area contributed by atoms with Crippen LogP contribution in [0, 0.1) is 0 Å². The van der Waals surface area contributed by atoms with E-state index in [1.807, 2.05) is 0 Å². The van der Waals surface area contributed by atoms with Crippen LogP contribution >= 0.6 is 11.6 Å². The molecule has 0 saturated carbocycles. The third kappa shape index (κ3) is 2.71. The maximum atomic E-state index is 10.7. The van der Waals surface area contributed by atoms with Crippen molar-refractivity contribution in [1.82, 2.24) is 0 Å². The second-order valence-corrected chi connectivity index (χ2v) is 2.66. The van der Waals surface area contributed by atoms with E-state index in [-0.39, 0.29) is 19.1 Å². The second-order valence-electron chi connectivity index (χ2n) is 2.35. The Balaban J connectivity index is 2.45. The fourth-order valence-corrected chi connectivity index (χ4v) is 0.892. The van der Waals surface area contributed by atoms with Crippen LogP contribution in [0.15, 0.2) is 11.8 Å². The fourth-order valence-electron chi connectivity index (χ4n) is 0.783. The van der Waals surface area contributed by atoms with Crippen molar-refractivity contribution >= 4 is 17.6 Å². The van der Waals surface area contributed by atoms with Gasteiger partial charge in [-0.25, -0.2) is 4.79 Å². The van der Waals surface area contributed by atoms with Crippen LogP contribution in [0.4, 0.5) is 0 Å². The predicted octanol–water partition coefficient (Wildman–Crippen LogP) is 0.391. The first-order valence-corrected chi connectivity index (χ1v) is 4.00. The Hall–Kier alpha value is -0.740. The molecule has 0 fully saturated rings. The van der Waals surface area contributed by atoms with Crippen molar-refractivity contribution in [3.05, 3.63) is 11.8 Å². The lowest BCUT2D eigenvalue weighted by molar-refractivity contribution is -0.151. The van der Waals surface area contributed by atoms with Crippen molar-refractivity contribution in [2.45, 2.75) is 12.5 Å². The van der Waals surface area contributed by atoms with Crippen LogP contribution in [-0.2, 0) is 14.3 Å². The van der Waals surface area contributed by atoms with Crippen LogP contribution in [0.3, 0.4) is 0 Å².